The summed E-state index contributed by atoms with van der Waals surface area (Å²) >= 11 is 0. The largest absolute Gasteiger partial charge is 0.337 e. The van der Waals surface area contributed by atoms with Gasteiger partial charge in [-0.25, -0.2) is 26.4 Å². The summed E-state index contributed by atoms with van der Waals surface area (Å²) in [5.41, 5.74) is 0.261. The molecular formula is C32H50N6O6S2. The maximum absolute atomic E-state index is 13.1. The fraction of sp³-hybridized carbons (Fsp3) is 0.562. The molecule has 12 nitrogen and oxygen atoms in total. The van der Waals surface area contributed by atoms with Crippen molar-refractivity contribution in [1.82, 2.24) is 19.2 Å². The highest BCUT2D eigenvalue weighted by molar-refractivity contribution is 7.89. The van der Waals surface area contributed by atoms with E-state index in [1.54, 1.807) is 52.0 Å². The van der Waals surface area contributed by atoms with E-state index in [4.69, 9.17) is 0 Å². The number of carbonyl (C=O) groups excluding carboxylic acids is 2. The number of rotatable bonds is 13. The van der Waals surface area contributed by atoms with E-state index in [0.717, 1.165) is 12.8 Å². The van der Waals surface area contributed by atoms with Crippen LogP contribution in [0, 0.1) is 10.8 Å². The third kappa shape index (κ3) is 9.43. The normalized spacial score (nSPS) is 19.9. The first-order valence-electron chi connectivity index (χ1n) is 15.8. The fourth-order valence-electron chi connectivity index (χ4n) is 6.59. The summed E-state index contributed by atoms with van der Waals surface area (Å²) in [6.07, 6.45) is 2.15. The third-order valence-electron chi connectivity index (χ3n) is 8.32. The maximum Gasteiger partial charge on any atom is 0.319 e. The Bertz CT molecular complexity index is 1590. The molecule has 2 aromatic carbocycles. The molecule has 1 saturated carbocycles. The zero-order valence-electron chi connectivity index (χ0n) is 28.0. The van der Waals surface area contributed by atoms with Crippen molar-refractivity contribution in [3.05, 3.63) is 48.5 Å². The molecule has 0 aromatic heterocycles. The van der Waals surface area contributed by atoms with Crippen molar-refractivity contribution in [2.24, 2.45) is 10.8 Å². The van der Waals surface area contributed by atoms with Gasteiger partial charge in [0.05, 0.1) is 9.79 Å². The molecule has 0 aliphatic heterocycles. The Morgan fingerprint density at radius 2 is 1.20 bits per heavy atom. The first-order valence-corrected chi connectivity index (χ1v) is 18.7. The van der Waals surface area contributed by atoms with E-state index in [2.05, 4.69) is 42.0 Å². The zero-order chi connectivity index (χ0) is 34.3. The minimum atomic E-state index is -3.67. The molecule has 4 N–H and O–H groups in total. The zero-order valence-corrected chi connectivity index (χ0v) is 29.6. The van der Waals surface area contributed by atoms with Crippen LogP contribution in [0.4, 0.5) is 21.0 Å². The van der Waals surface area contributed by atoms with Crippen molar-refractivity contribution in [3.8, 4) is 0 Å². The lowest BCUT2D eigenvalue weighted by atomic mass is 9.62. The van der Waals surface area contributed by atoms with Gasteiger partial charge in [-0.1, -0.05) is 60.6 Å². The number of hydrogen-bond acceptors (Lipinski definition) is 6. The Labute approximate surface area is 274 Å². The first-order chi connectivity index (χ1) is 21.5. The molecule has 0 heterocycles. The summed E-state index contributed by atoms with van der Waals surface area (Å²) in [4.78, 5) is 26.2. The number of sulfonamides is 2. The lowest BCUT2D eigenvalue weighted by molar-refractivity contribution is 0.0761. The highest BCUT2D eigenvalue weighted by Gasteiger charge is 2.42. The van der Waals surface area contributed by atoms with Crippen LogP contribution in [0.1, 0.15) is 67.7 Å². The molecular weight excluding hydrogens is 629 g/mol. The Morgan fingerprint density at radius 1 is 0.739 bits per heavy atom. The molecule has 2 aromatic rings. The SMILES string of the molecule is CCN(CC)S(=O)(=O)c1cccc(NC(=O)NC[C@@]2(C)C[C@@H](NC(=O)Nc3cccc(S(=O)(=O)N(CC)CC)c3)CC(C)(C)C2)c1. The summed E-state index contributed by atoms with van der Waals surface area (Å²) in [6, 6.07) is 11.3. The smallest absolute Gasteiger partial charge is 0.319 e. The molecule has 4 amide bonds. The molecule has 1 fully saturated rings. The highest BCUT2D eigenvalue weighted by atomic mass is 32.2. The van der Waals surface area contributed by atoms with Crippen molar-refractivity contribution in [3.63, 3.8) is 0 Å². The van der Waals surface area contributed by atoms with Crippen LogP contribution in [-0.2, 0) is 20.0 Å². The Kier molecular flexibility index (Phi) is 12.3. The van der Waals surface area contributed by atoms with Crippen LogP contribution in [0.2, 0.25) is 0 Å². The summed E-state index contributed by atoms with van der Waals surface area (Å²) in [7, 11) is -7.34. The number of anilines is 2. The van der Waals surface area contributed by atoms with Crippen molar-refractivity contribution in [2.75, 3.05) is 43.4 Å². The van der Waals surface area contributed by atoms with Gasteiger partial charge in [0.15, 0.2) is 0 Å². The van der Waals surface area contributed by atoms with E-state index in [9.17, 15) is 26.4 Å². The van der Waals surface area contributed by atoms with Crippen LogP contribution in [0.5, 0.6) is 0 Å². The monoisotopic (exact) mass is 678 g/mol. The van der Waals surface area contributed by atoms with Crippen LogP contribution >= 0.6 is 0 Å². The Morgan fingerprint density at radius 3 is 1.65 bits per heavy atom. The van der Waals surface area contributed by atoms with Crippen LogP contribution in [0.15, 0.2) is 58.3 Å². The second-order valence-corrected chi connectivity index (χ2v) is 16.8. The van der Waals surface area contributed by atoms with Gasteiger partial charge in [0.25, 0.3) is 0 Å². The van der Waals surface area contributed by atoms with E-state index in [1.807, 2.05) is 0 Å². The van der Waals surface area contributed by atoms with E-state index < -0.39 is 32.1 Å². The molecule has 0 unspecified atom stereocenters. The number of carbonyl (C=O) groups is 2. The van der Waals surface area contributed by atoms with E-state index in [-0.39, 0.29) is 26.7 Å². The lowest BCUT2D eigenvalue weighted by Gasteiger charge is -2.46. The first kappa shape index (κ1) is 37.3. The van der Waals surface area contributed by atoms with Gasteiger partial charge in [0.2, 0.25) is 20.0 Å². The molecule has 0 bridgehead atoms. The number of urea groups is 2. The van der Waals surface area contributed by atoms with Gasteiger partial charge >= 0.3 is 12.1 Å². The lowest BCUT2D eigenvalue weighted by Crippen LogP contribution is -2.51. The third-order valence-corrected chi connectivity index (χ3v) is 12.4. The average molecular weight is 679 g/mol. The van der Waals surface area contributed by atoms with Crippen molar-refractivity contribution in [2.45, 2.75) is 83.6 Å². The number of hydrogen-bond donors (Lipinski definition) is 4. The quantitative estimate of drug-likeness (QED) is 0.226. The second-order valence-electron chi connectivity index (χ2n) is 12.9. The summed E-state index contributed by atoms with van der Waals surface area (Å²) in [6.45, 7) is 15.1. The van der Waals surface area contributed by atoms with Crippen LogP contribution < -0.4 is 21.3 Å². The van der Waals surface area contributed by atoms with Crippen molar-refractivity contribution in [1.29, 1.82) is 0 Å². The Balaban J connectivity index is 1.63. The highest BCUT2D eigenvalue weighted by Crippen LogP contribution is 2.45. The average Bonchev–Trinajstić information content (AvgIpc) is 2.96. The van der Waals surface area contributed by atoms with Crippen molar-refractivity contribution >= 4 is 43.5 Å². The topological polar surface area (TPSA) is 157 Å². The minimum Gasteiger partial charge on any atom is -0.337 e. The van der Waals surface area contributed by atoms with Gasteiger partial charge in [-0.3, -0.25) is 0 Å². The van der Waals surface area contributed by atoms with Gasteiger partial charge in [-0.2, -0.15) is 8.61 Å². The van der Waals surface area contributed by atoms with Crippen molar-refractivity contribution < 1.29 is 26.4 Å². The molecule has 14 heteroatoms. The van der Waals surface area contributed by atoms with Crippen LogP contribution in [-0.4, -0.2) is 76.3 Å². The molecule has 0 spiro atoms. The van der Waals surface area contributed by atoms with Gasteiger partial charge in [-0.15, -0.1) is 0 Å². The van der Waals surface area contributed by atoms with E-state index in [0.29, 0.717) is 50.5 Å². The van der Waals surface area contributed by atoms with E-state index >= 15 is 0 Å². The second kappa shape index (κ2) is 15.1. The van der Waals surface area contributed by atoms with Gasteiger partial charge in [-0.05, 0) is 66.5 Å². The predicted molar refractivity (Wildman–Crippen MR) is 182 cm³/mol. The molecule has 46 heavy (non-hydrogen) atoms. The summed E-state index contributed by atoms with van der Waals surface area (Å²) < 4.78 is 54.4. The minimum absolute atomic E-state index is 0.111. The number of nitrogens with zero attached hydrogens (tertiary/aromatic N) is 2. The fourth-order valence-corrected chi connectivity index (χ4v) is 9.59. The molecule has 3 rings (SSSR count). The van der Waals surface area contributed by atoms with Crippen LogP contribution in [0.25, 0.3) is 0 Å². The van der Waals surface area contributed by atoms with Gasteiger partial charge in [0, 0.05) is 50.1 Å². The predicted octanol–water partition coefficient (Wildman–Crippen LogP) is 5.28. The Hall–Kier alpha value is -3.20. The molecule has 256 valence electrons. The number of nitrogens with one attached hydrogen (secondary N) is 4. The molecule has 1 aliphatic rings. The molecule has 0 radical (unpaired) electrons. The van der Waals surface area contributed by atoms with E-state index in [1.165, 1.54) is 32.9 Å². The van der Waals surface area contributed by atoms with Gasteiger partial charge in [0.1, 0.15) is 0 Å². The summed E-state index contributed by atoms with van der Waals surface area (Å²) in [5, 5.41) is 11.5. The van der Waals surface area contributed by atoms with Crippen LogP contribution in [0.3, 0.4) is 0 Å². The van der Waals surface area contributed by atoms with Gasteiger partial charge < -0.3 is 21.3 Å². The number of benzene rings is 2. The number of amides is 4. The maximum atomic E-state index is 13.1. The molecule has 0 saturated heterocycles. The molecule has 1 aliphatic carbocycles. The standard InChI is InChI=1S/C32H50N6O6S2/c1-8-37(9-2)45(41,42)27-16-12-14-24(18-27)34-29(39)33-23-32(7)21-26(20-31(5,6)22-32)36-30(40)35-25-15-13-17-28(19-25)46(43,44)38(10-3)11-4/h12-19,26H,8-11,20-23H2,1-7H3,(H2,33,34,39)(H2,35,36,40)/t26-,32-/m0/s1. The molecule has 2 atom stereocenters. The summed E-state index contributed by atoms with van der Waals surface area (Å²) in [5.74, 6) is 0.